The molecule has 118 valence electrons. The highest BCUT2D eigenvalue weighted by atomic mass is 16.3. The minimum Gasteiger partial charge on any atom is -0.395 e. The van der Waals surface area contributed by atoms with Crippen molar-refractivity contribution in [2.45, 2.75) is 13.1 Å². The number of benzene rings is 1. The molecular weight excluding hydrogens is 276 g/mol. The third kappa shape index (κ3) is 4.16. The number of aliphatic hydroxyl groups is 1. The predicted octanol–water partition coefficient (Wildman–Crippen LogP) is 1.04. The molecule has 0 aliphatic carbocycles. The zero-order valence-electron chi connectivity index (χ0n) is 12.9. The molecule has 1 saturated heterocycles. The van der Waals surface area contributed by atoms with Gasteiger partial charge in [0.25, 0.3) is 0 Å². The van der Waals surface area contributed by atoms with Crippen LogP contribution in [0.25, 0.3) is 0 Å². The van der Waals surface area contributed by atoms with Crippen LogP contribution in [0.5, 0.6) is 0 Å². The average molecular weight is 300 g/mol. The number of nitrogens with zero attached hydrogens (tertiary/aromatic N) is 4. The van der Waals surface area contributed by atoms with Crippen molar-refractivity contribution in [1.82, 2.24) is 19.6 Å². The van der Waals surface area contributed by atoms with E-state index in [1.807, 2.05) is 16.9 Å². The highest BCUT2D eigenvalue weighted by Crippen LogP contribution is 2.09. The molecule has 1 aliphatic heterocycles. The number of aliphatic hydroxyl groups excluding tert-OH is 1. The lowest BCUT2D eigenvalue weighted by atomic mass is 10.2. The van der Waals surface area contributed by atoms with Crippen molar-refractivity contribution < 1.29 is 5.11 Å². The molecule has 1 aliphatic rings. The van der Waals surface area contributed by atoms with E-state index < -0.39 is 0 Å². The maximum Gasteiger partial charge on any atom is 0.0659 e. The maximum atomic E-state index is 8.98. The highest BCUT2D eigenvalue weighted by Gasteiger charge is 2.16. The third-order valence-electron chi connectivity index (χ3n) is 4.16. The Morgan fingerprint density at radius 1 is 0.909 bits per heavy atom. The van der Waals surface area contributed by atoms with Gasteiger partial charge >= 0.3 is 0 Å². The Morgan fingerprint density at radius 3 is 2.36 bits per heavy atom. The number of rotatable bonds is 6. The van der Waals surface area contributed by atoms with Crippen LogP contribution >= 0.6 is 0 Å². The first-order valence-corrected chi connectivity index (χ1v) is 7.94. The standard InChI is InChI=1S/C17H24N4O/c22-11-10-19-6-8-20(9-7-19)13-17-12-18-21(15-17)14-16-4-2-1-3-5-16/h1-5,12,15,22H,6-11,13-14H2. The quantitative estimate of drug-likeness (QED) is 0.866. The highest BCUT2D eigenvalue weighted by molar-refractivity contribution is 5.15. The first kappa shape index (κ1) is 15.2. The molecule has 5 nitrogen and oxygen atoms in total. The summed E-state index contributed by atoms with van der Waals surface area (Å²) in [5, 5.41) is 13.4. The molecule has 22 heavy (non-hydrogen) atoms. The van der Waals surface area contributed by atoms with E-state index in [-0.39, 0.29) is 6.61 Å². The van der Waals surface area contributed by atoms with Crippen LogP contribution in [0.15, 0.2) is 42.7 Å². The van der Waals surface area contributed by atoms with Gasteiger partial charge in [-0.25, -0.2) is 0 Å². The molecule has 0 radical (unpaired) electrons. The first-order chi connectivity index (χ1) is 10.8. The average Bonchev–Trinajstić information content (AvgIpc) is 2.98. The van der Waals surface area contributed by atoms with Crippen molar-refractivity contribution in [3.63, 3.8) is 0 Å². The predicted molar refractivity (Wildman–Crippen MR) is 86.6 cm³/mol. The van der Waals surface area contributed by atoms with Crippen LogP contribution in [0.1, 0.15) is 11.1 Å². The van der Waals surface area contributed by atoms with Gasteiger partial charge in [0.05, 0.1) is 19.3 Å². The van der Waals surface area contributed by atoms with Crippen LogP contribution in [-0.2, 0) is 13.1 Å². The topological polar surface area (TPSA) is 44.5 Å². The fourth-order valence-corrected chi connectivity index (χ4v) is 2.92. The van der Waals surface area contributed by atoms with Gasteiger partial charge in [-0.2, -0.15) is 5.10 Å². The molecule has 0 atom stereocenters. The second-order valence-electron chi connectivity index (χ2n) is 5.87. The first-order valence-electron chi connectivity index (χ1n) is 7.94. The Hall–Kier alpha value is -1.69. The lowest BCUT2D eigenvalue weighted by molar-refractivity contribution is 0.108. The fraction of sp³-hybridized carbons (Fsp3) is 0.471. The Kier molecular flexibility index (Phi) is 5.21. The zero-order valence-corrected chi connectivity index (χ0v) is 12.9. The summed E-state index contributed by atoms with van der Waals surface area (Å²) in [6.45, 7) is 7.03. The summed E-state index contributed by atoms with van der Waals surface area (Å²) in [5.41, 5.74) is 2.54. The zero-order chi connectivity index (χ0) is 15.2. The maximum absolute atomic E-state index is 8.98. The van der Waals surface area contributed by atoms with Gasteiger partial charge in [0, 0.05) is 51.0 Å². The molecular formula is C17H24N4O. The molecule has 0 spiro atoms. The molecule has 0 bridgehead atoms. The van der Waals surface area contributed by atoms with Gasteiger partial charge in [0.2, 0.25) is 0 Å². The molecule has 1 aromatic carbocycles. The molecule has 5 heteroatoms. The number of β-amino-alcohol motifs (C(OH)–C–C–N with tert-alkyl or cyclic N) is 1. The summed E-state index contributed by atoms with van der Waals surface area (Å²) < 4.78 is 2.01. The monoisotopic (exact) mass is 300 g/mol. The van der Waals surface area contributed by atoms with E-state index in [0.717, 1.165) is 45.8 Å². The van der Waals surface area contributed by atoms with Crippen LogP contribution in [-0.4, -0.2) is 64.0 Å². The summed E-state index contributed by atoms with van der Waals surface area (Å²) in [4.78, 5) is 4.77. The summed E-state index contributed by atoms with van der Waals surface area (Å²) in [5.74, 6) is 0. The Labute approximate surface area is 131 Å². The normalized spacial score (nSPS) is 17.0. The number of piperazine rings is 1. The fourth-order valence-electron chi connectivity index (χ4n) is 2.92. The van der Waals surface area contributed by atoms with E-state index in [0.29, 0.717) is 0 Å². The van der Waals surface area contributed by atoms with Gasteiger partial charge < -0.3 is 5.11 Å². The van der Waals surface area contributed by atoms with E-state index in [9.17, 15) is 0 Å². The molecule has 3 rings (SSSR count). The summed E-state index contributed by atoms with van der Waals surface area (Å²) in [6, 6.07) is 10.4. The van der Waals surface area contributed by atoms with Gasteiger partial charge in [0.15, 0.2) is 0 Å². The van der Waals surface area contributed by atoms with E-state index in [2.05, 4.69) is 45.4 Å². The van der Waals surface area contributed by atoms with Crippen LogP contribution < -0.4 is 0 Å². The molecule has 2 aromatic rings. The van der Waals surface area contributed by atoms with E-state index >= 15 is 0 Å². The number of aromatic nitrogens is 2. The minimum absolute atomic E-state index is 0.256. The lowest BCUT2D eigenvalue weighted by Gasteiger charge is -2.34. The Balaban J connectivity index is 1.50. The molecule has 0 saturated carbocycles. The van der Waals surface area contributed by atoms with E-state index in [4.69, 9.17) is 5.11 Å². The van der Waals surface area contributed by atoms with Gasteiger partial charge in [-0.1, -0.05) is 30.3 Å². The second-order valence-corrected chi connectivity index (χ2v) is 5.87. The van der Waals surface area contributed by atoms with Crippen molar-refractivity contribution in [2.24, 2.45) is 0 Å². The van der Waals surface area contributed by atoms with E-state index in [1.54, 1.807) is 0 Å². The third-order valence-corrected chi connectivity index (χ3v) is 4.16. The smallest absolute Gasteiger partial charge is 0.0659 e. The molecule has 1 aromatic heterocycles. The molecule has 2 heterocycles. The summed E-state index contributed by atoms with van der Waals surface area (Å²) in [7, 11) is 0. The van der Waals surface area contributed by atoms with E-state index in [1.165, 1.54) is 11.1 Å². The summed E-state index contributed by atoms with van der Waals surface area (Å²) in [6.07, 6.45) is 4.12. The number of hydrogen-bond acceptors (Lipinski definition) is 4. The molecule has 1 N–H and O–H groups in total. The molecule has 1 fully saturated rings. The minimum atomic E-state index is 0.256. The van der Waals surface area contributed by atoms with Gasteiger partial charge in [-0.15, -0.1) is 0 Å². The lowest BCUT2D eigenvalue weighted by Crippen LogP contribution is -2.46. The van der Waals surface area contributed by atoms with Crippen molar-refractivity contribution in [1.29, 1.82) is 0 Å². The van der Waals surface area contributed by atoms with Crippen molar-refractivity contribution in [3.05, 3.63) is 53.9 Å². The van der Waals surface area contributed by atoms with Crippen LogP contribution in [0.3, 0.4) is 0 Å². The SMILES string of the molecule is OCCN1CCN(Cc2cnn(Cc3ccccc3)c2)CC1. The Bertz CT molecular complexity index is 561. The van der Waals surface area contributed by atoms with Crippen LogP contribution in [0, 0.1) is 0 Å². The van der Waals surface area contributed by atoms with Crippen molar-refractivity contribution >= 4 is 0 Å². The van der Waals surface area contributed by atoms with Gasteiger partial charge in [-0.3, -0.25) is 14.5 Å². The second kappa shape index (κ2) is 7.54. The van der Waals surface area contributed by atoms with Crippen molar-refractivity contribution in [2.75, 3.05) is 39.3 Å². The summed E-state index contributed by atoms with van der Waals surface area (Å²) >= 11 is 0. The number of hydrogen-bond donors (Lipinski definition) is 1. The largest absolute Gasteiger partial charge is 0.395 e. The van der Waals surface area contributed by atoms with Gasteiger partial charge in [0.1, 0.15) is 0 Å². The van der Waals surface area contributed by atoms with Crippen molar-refractivity contribution in [3.8, 4) is 0 Å². The van der Waals surface area contributed by atoms with Crippen LogP contribution in [0.4, 0.5) is 0 Å². The van der Waals surface area contributed by atoms with Crippen LogP contribution in [0.2, 0.25) is 0 Å². The Morgan fingerprint density at radius 2 is 1.64 bits per heavy atom. The molecule has 0 amide bonds. The van der Waals surface area contributed by atoms with Gasteiger partial charge in [-0.05, 0) is 5.56 Å². The molecule has 0 unspecified atom stereocenters.